The van der Waals surface area contributed by atoms with Gasteiger partial charge in [-0.05, 0) is 104 Å². The van der Waals surface area contributed by atoms with Crippen molar-refractivity contribution in [1.29, 1.82) is 0 Å². The molecule has 4 aromatic rings. The molecule has 0 radical (unpaired) electrons. The molecular formula is C41H54O5Si. The molecule has 0 aliphatic rings. The average molecular weight is 655 g/mol. The minimum Gasteiger partial charge on any atom is -0.404 e. The van der Waals surface area contributed by atoms with Crippen molar-refractivity contribution in [3.63, 3.8) is 0 Å². The molecule has 0 amide bonds. The lowest BCUT2D eigenvalue weighted by Gasteiger charge is -2.45. The number of hydrogen-bond donors (Lipinski definition) is 2. The molecule has 4 rings (SSSR count). The van der Waals surface area contributed by atoms with Crippen molar-refractivity contribution in [2.24, 2.45) is 0 Å². The van der Waals surface area contributed by atoms with Crippen LogP contribution in [0.3, 0.4) is 0 Å². The topological polar surface area (TPSA) is 68.2 Å². The third-order valence-corrected chi connectivity index (χ3v) is 14.6. The van der Waals surface area contributed by atoms with Crippen molar-refractivity contribution in [3.8, 4) is 0 Å². The maximum atomic E-state index is 9.31. The molecule has 0 unspecified atom stereocenters. The van der Waals surface area contributed by atoms with E-state index in [-0.39, 0.29) is 11.1 Å². The molecule has 0 aliphatic heterocycles. The largest absolute Gasteiger partial charge is 0.404 e. The fourth-order valence-electron chi connectivity index (χ4n) is 6.52. The van der Waals surface area contributed by atoms with Crippen LogP contribution < -0.4 is 10.4 Å². The van der Waals surface area contributed by atoms with E-state index in [4.69, 9.17) is 4.43 Å². The van der Waals surface area contributed by atoms with E-state index in [2.05, 4.69) is 115 Å². The van der Waals surface area contributed by atoms with Gasteiger partial charge >= 0.3 is 0 Å². The van der Waals surface area contributed by atoms with E-state index in [0.29, 0.717) is 0 Å². The van der Waals surface area contributed by atoms with Crippen molar-refractivity contribution in [1.82, 2.24) is 0 Å². The van der Waals surface area contributed by atoms with E-state index in [9.17, 15) is 10.5 Å². The van der Waals surface area contributed by atoms with Gasteiger partial charge in [0.2, 0.25) is 0 Å². The summed E-state index contributed by atoms with van der Waals surface area (Å²) in [5.74, 6) is 0. The second-order valence-electron chi connectivity index (χ2n) is 14.8. The third-order valence-electron chi connectivity index (χ3n) is 9.50. The zero-order valence-electron chi connectivity index (χ0n) is 29.3. The summed E-state index contributed by atoms with van der Waals surface area (Å²) in [6.07, 6.45) is 5.91. The second-order valence-corrected chi connectivity index (χ2v) is 19.0. The fraction of sp³-hybridized carbons (Fsp3) is 0.415. The van der Waals surface area contributed by atoms with Gasteiger partial charge in [0.15, 0.2) is 0 Å². The Kier molecular flexibility index (Phi) is 12.4. The Hall–Kier alpha value is -3.10. The van der Waals surface area contributed by atoms with E-state index in [1.165, 1.54) is 21.5 Å². The summed E-state index contributed by atoms with van der Waals surface area (Å²) in [5, 5.41) is 21.1. The Morgan fingerprint density at radius 3 is 1.21 bits per heavy atom. The summed E-state index contributed by atoms with van der Waals surface area (Å²) in [5.41, 5.74) is 2.93. The second kappa shape index (κ2) is 15.9. The highest BCUT2D eigenvalue weighted by Crippen LogP contribution is 2.39. The number of rotatable bonds is 16. The molecule has 0 atom stereocenters. The summed E-state index contributed by atoms with van der Waals surface area (Å²) < 4.78 is 7.66. The normalized spacial score (nSPS) is 12.9. The van der Waals surface area contributed by atoms with Gasteiger partial charge in [0.25, 0.3) is 8.32 Å². The molecular weight excluding hydrogens is 601 g/mol. The Morgan fingerprint density at radius 2 is 0.894 bits per heavy atom. The third kappa shape index (κ3) is 9.08. The number of hydrogen-bond acceptors (Lipinski definition) is 5. The molecule has 0 fully saturated rings. The first-order valence-electron chi connectivity index (χ1n) is 17.0. The van der Waals surface area contributed by atoms with Crippen LogP contribution in [0.25, 0.3) is 0 Å². The van der Waals surface area contributed by atoms with Crippen molar-refractivity contribution in [2.75, 3.05) is 0 Å². The first-order valence-corrected chi connectivity index (χ1v) is 18.9. The SMILES string of the molecule is CC(C)(OO)c1ccc(CCCC(CCCc2ccc(C(C)(C)OO)cc2)O[Si](c2ccccc2)(c2ccccc2)C(C)(C)C)cc1. The first-order chi connectivity index (χ1) is 22.3. The lowest BCUT2D eigenvalue weighted by atomic mass is 9.95. The molecule has 0 saturated carbocycles. The molecule has 0 spiro atoms. The van der Waals surface area contributed by atoms with Gasteiger partial charge in [0.05, 0.1) is 0 Å². The molecule has 2 N–H and O–H groups in total. The fourth-order valence-corrected chi connectivity index (χ4v) is 11.3. The van der Waals surface area contributed by atoms with Gasteiger partial charge in [-0.15, -0.1) is 0 Å². The van der Waals surface area contributed by atoms with Crippen LogP contribution in [0.2, 0.25) is 5.04 Å². The molecule has 252 valence electrons. The highest BCUT2D eigenvalue weighted by Gasteiger charge is 2.51. The lowest BCUT2D eigenvalue weighted by molar-refractivity contribution is -0.318. The lowest BCUT2D eigenvalue weighted by Crippen LogP contribution is -2.67. The number of benzene rings is 4. The summed E-state index contributed by atoms with van der Waals surface area (Å²) in [7, 11) is -2.71. The van der Waals surface area contributed by atoms with E-state index >= 15 is 0 Å². The van der Waals surface area contributed by atoms with Crippen molar-refractivity contribution in [3.05, 3.63) is 131 Å². The van der Waals surface area contributed by atoms with Crippen LogP contribution in [0.15, 0.2) is 109 Å². The van der Waals surface area contributed by atoms with Crippen LogP contribution >= 0.6 is 0 Å². The zero-order valence-corrected chi connectivity index (χ0v) is 30.3. The van der Waals surface area contributed by atoms with Crippen molar-refractivity contribution in [2.45, 2.75) is 109 Å². The standard InChI is InChI=1S/C41H54O5Si/c1-39(2,3)47(37-20-10-8-11-21-37,38-22-12-9-13-23-38)44-36(18-14-16-32-24-28-34(29-25-32)40(4,5)45-42)19-15-17-33-26-30-35(31-27-33)41(6,7)46-43/h8-13,20-31,36,42-43H,14-19H2,1-7H3. The highest BCUT2D eigenvalue weighted by molar-refractivity contribution is 6.99. The number of aryl methyl sites for hydroxylation is 2. The average Bonchev–Trinajstić information content (AvgIpc) is 3.07. The van der Waals surface area contributed by atoms with Crippen LogP contribution in [-0.2, 0) is 38.2 Å². The predicted molar refractivity (Wildman–Crippen MR) is 195 cm³/mol. The molecule has 47 heavy (non-hydrogen) atoms. The van der Waals surface area contributed by atoms with E-state index in [1.54, 1.807) is 0 Å². The minimum absolute atomic E-state index is 0.0864. The Labute approximate surface area is 283 Å². The van der Waals surface area contributed by atoms with E-state index in [0.717, 1.165) is 49.7 Å². The first kappa shape index (κ1) is 36.7. The van der Waals surface area contributed by atoms with Gasteiger partial charge in [0.1, 0.15) is 11.2 Å². The van der Waals surface area contributed by atoms with E-state index in [1.807, 2.05) is 52.0 Å². The maximum Gasteiger partial charge on any atom is 0.261 e. The maximum absolute atomic E-state index is 9.31. The van der Waals surface area contributed by atoms with Gasteiger partial charge in [-0.2, -0.15) is 0 Å². The molecule has 0 bridgehead atoms. The van der Waals surface area contributed by atoms with Gasteiger partial charge in [-0.3, -0.25) is 10.5 Å². The quantitative estimate of drug-likeness (QED) is 0.0716. The monoisotopic (exact) mass is 654 g/mol. The van der Waals surface area contributed by atoms with E-state index < -0.39 is 19.5 Å². The summed E-state index contributed by atoms with van der Waals surface area (Å²) in [6, 6.07) is 38.5. The molecule has 0 aliphatic carbocycles. The molecule has 6 heteroatoms. The predicted octanol–water partition coefficient (Wildman–Crippen LogP) is 9.43. The van der Waals surface area contributed by atoms with Crippen LogP contribution in [-0.4, -0.2) is 24.9 Å². The zero-order chi connectivity index (χ0) is 34.1. The van der Waals surface area contributed by atoms with Crippen LogP contribution in [0.4, 0.5) is 0 Å². The minimum atomic E-state index is -2.71. The van der Waals surface area contributed by atoms with Crippen molar-refractivity contribution < 1.29 is 24.7 Å². The molecule has 0 aromatic heterocycles. The summed E-state index contributed by atoms with van der Waals surface area (Å²) in [4.78, 5) is 9.38. The Bertz CT molecular complexity index is 1390. The highest BCUT2D eigenvalue weighted by atomic mass is 28.4. The van der Waals surface area contributed by atoms with Gasteiger partial charge in [-0.1, -0.05) is 130 Å². The van der Waals surface area contributed by atoms with Crippen LogP contribution in [0.1, 0.15) is 96.4 Å². The molecule has 0 heterocycles. The molecule has 5 nitrogen and oxygen atoms in total. The smallest absolute Gasteiger partial charge is 0.261 e. The van der Waals surface area contributed by atoms with Gasteiger partial charge in [0, 0.05) is 6.10 Å². The van der Waals surface area contributed by atoms with Gasteiger partial charge < -0.3 is 4.43 Å². The van der Waals surface area contributed by atoms with Crippen molar-refractivity contribution >= 4 is 18.7 Å². The summed E-state index contributed by atoms with van der Waals surface area (Å²) in [6.45, 7) is 14.4. The van der Waals surface area contributed by atoms with Crippen LogP contribution in [0.5, 0.6) is 0 Å². The Balaban J connectivity index is 1.59. The van der Waals surface area contributed by atoms with Crippen LogP contribution in [0, 0.1) is 0 Å². The van der Waals surface area contributed by atoms with Gasteiger partial charge in [-0.25, -0.2) is 9.78 Å². The molecule has 4 aromatic carbocycles. The summed E-state index contributed by atoms with van der Waals surface area (Å²) >= 11 is 0. The Morgan fingerprint density at radius 1 is 0.532 bits per heavy atom. The molecule has 0 saturated heterocycles.